The maximum atomic E-state index is 13.4. The van der Waals surface area contributed by atoms with Gasteiger partial charge in [-0.15, -0.1) is 0 Å². The number of aliphatic hydroxyl groups is 1. The summed E-state index contributed by atoms with van der Waals surface area (Å²) in [6, 6.07) is 4.77. The standard InChI is InChI=1S/C16H22FNO3/c1-16(2,3)21-15(20)18-7-6-12(9-18)11-4-5-14(17)13(8-11)10-19/h4-5,8,12,19H,6-7,9-10H2,1-3H3. The SMILES string of the molecule is CC(C)(C)OC(=O)N1CCC(c2ccc(F)c(CO)c2)C1. The highest BCUT2D eigenvalue weighted by atomic mass is 19.1. The number of carbonyl (C=O) groups excluding carboxylic acids is 1. The quantitative estimate of drug-likeness (QED) is 0.912. The van der Waals surface area contributed by atoms with E-state index >= 15 is 0 Å². The topological polar surface area (TPSA) is 49.8 Å². The number of halogens is 1. The molecule has 1 aromatic carbocycles. The number of nitrogens with zero attached hydrogens (tertiary/aromatic N) is 1. The normalized spacial score (nSPS) is 18.9. The first kappa shape index (κ1) is 15.8. The molecule has 1 aromatic rings. The molecule has 1 unspecified atom stereocenters. The summed E-state index contributed by atoms with van der Waals surface area (Å²) in [6.45, 7) is 6.39. The number of benzene rings is 1. The van der Waals surface area contributed by atoms with E-state index in [2.05, 4.69) is 0 Å². The van der Waals surface area contributed by atoms with Gasteiger partial charge in [-0.1, -0.05) is 12.1 Å². The van der Waals surface area contributed by atoms with Crippen molar-refractivity contribution in [3.63, 3.8) is 0 Å². The maximum Gasteiger partial charge on any atom is 0.410 e. The van der Waals surface area contributed by atoms with Crippen LogP contribution >= 0.6 is 0 Å². The first-order chi connectivity index (χ1) is 9.80. The highest BCUT2D eigenvalue weighted by molar-refractivity contribution is 5.68. The number of ether oxygens (including phenoxy) is 1. The summed E-state index contributed by atoms with van der Waals surface area (Å²) in [6.07, 6.45) is 0.505. The van der Waals surface area contributed by atoms with Crippen molar-refractivity contribution in [1.29, 1.82) is 0 Å². The van der Waals surface area contributed by atoms with E-state index in [0.717, 1.165) is 12.0 Å². The zero-order chi connectivity index (χ0) is 15.6. The zero-order valence-corrected chi connectivity index (χ0v) is 12.7. The number of hydrogen-bond donors (Lipinski definition) is 1. The molecule has 1 saturated heterocycles. The Morgan fingerprint density at radius 3 is 2.81 bits per heavy atom. The Kier molecular flexibility index (Phi) is 4.52. The van der Waals surface area contributed by atoms with E-state index in [1.165, 1.54) is 6.07 Å². The lowest BCUT2D eigenvalue weighted by atomic mass is 9.96. The van der Waals surface area contributed by atoms with Crippen molar-refractivity contribution in [1.82, 2.24) is 4.90 Å². The van der Waals surface area contributed by atoms with Crippen molar-refractivity contribution >= 4 is 6.09 Å². The number of carbonyl (C=O) groups is 1. The molecule has 116 valence electrons. The van der Waals surface area contributed by atoms with Crippen molar-refractivity contribution < 1.29 is 19.0 Å². The highest BCUT2D eigenvalue weighted by Gasteiger charge is 2.30. The number of rotatable bonds is 2. The Morgan fingerprint density at radius 1 is 1.48 bits per heavy atom. The predicted molar refractivity (Wildman–Crippen MR) is 77.5 cm³/mol. The Balaban J connectivity index is 2.04. The molecule has 2 rings (SSSR count). The lowest BCUT2D eigenvalue weighted by Crippen LogP contribution is -2.35. The third-order valence-corrected chi connectivity index (χ3v) is 3.55. The molecular formula is C16H22FNO3. The van der Waals surface area contributed by atoms with E-state index in [1.54, 1.807) is 17.0 Å². The van der Waals surface area contributed by atoms with E-state index in [0.29, 0.717) is 18.7 Å². The Bertz CT molecular complexity index is 525. The first-order valence-corrected chi connectivity index (χ1v) is 7.17. The van der Waals surface area contributed by atoms with Crippen LogP contribution < -0.4 is 0 Å². The van der Waals surface area contributed by atoms with Crippen LogP contribution in [0, 0.1) is 5.82 Å². The molecule has 0 saturated carbocycles. The van der Waals surface area contributed by atoms with Gasteiger partial charge in [-0.05, 0) is 38.8 Å². The highest BCUT2D eigenvalue weighted by Crippen LogP contribution is 2.29. The summed E-state index contributed by atoms with van der Waals surface area (Å²) in [7, 11) is 0. The second kappa shape index (κ2) is 6.02. The summed E-state index contributed by atoms with van der Waals surface area (Å²) in [5, 5.41) is 9.13. The van der Waals surface area contributed by atoms with Crippen LogP contribution in [0.15, 0.2) is 18.2 Å². The molecule has 1 amide bonds. The van der Waals surface area contributed by atoms with Gasteiger partial charge in [-0.2, -0.15) is 0 Å². The lowest BCUT2D eigenvalue weighted by molar-refractivity contribution is 0.0292. The average molecular weight is 295 g/mol. The van der Waals surface area contributed by atoms with Crippen molar-refractivity contribution in [2.24, 2.45) is 0 Å². The molecule has 1 fully saturated rings. The molecule has 1 N–H and O–H groups in total. The number of aliphatic hydroxyl groups excluding tert-OH is 1. The van der Waals surface area contributed by atoms with Crippen LogP contribution in [-0.4, -0.2) is 34.8 Å². The zero-order valence-electron chi connectivity index (χ0n) is 12.7. The molecule has 0 radical (unpaired) electrons. The minimum atomic E-state index is -0.505. The maximum absolute atomic E-state index is 13.4. The average Bonchev–Trinajstić information content (AvgIpc) is 2.87. The summed E-state index contributed by atoms with van der Waals surface area (Å²) < 4.78 is 18.8. The van der Waals surface area contributed by atoms with Crippen LogP contribution in [0.5, 0.6) is 0 Å². The van der Waals surface area contributed by atoms with Gasteiger partial charge in [0, 0.05) is 24.6 Å². The minimum absolute atomic E-state index is 0.156. The smallest absolute Gasteiger partial charge is 0.410 e. The van der Waals surface area contributed by atoms with Gasteiger partial charge in [-0.3, -0.25) is 0 Å². The summed E-state index contributed by atoms with van der Waals surface area (Å²) in [4.78, 5) is 13.7. The fourth-order valence-corrected chi connectivity index (χ4v) is 2.49. The summed E-state index contributed by atoms with van der Waals surface area (Å²) in [5.74, 6) is -0.244. The second-order valence-electron chi connectivity index (χ2n) is 6.42. The van der Waals surface area contributed by atoms with Crippen LogP contribution in [0.3, 0.4) is 0 Å². The van der Waals surface area contributed by atoms with Gasteiger partial charge >= 0.3 is 6.09 Å². The Hall–Kier alpha value is -1.62. The summed E-state index contributed by atoms with van der Waals surface area (Å²) in [5.41, 5.74) is 0.740. The molecule has 0 spiro atoms. The molecule has 1 aliphatic heterocycles. The largest absolute Gasteiger partial charge is 0.444 e. The van der Waals surface area contributed by atoms with Gasteiger partial charge < -0.3 is 14.7 Å². The Labute approximate surface area is 124 Å². The molecule has 1 atom stereocenters. The van der Waals surface area contributed by atoms with Gasteiger partial charge in [0.1, 0.15) is 11.4 Å². The van der Waals surface area contributed by atoms with E-state index < -0.39 is 11.4 Å². The van der Waals surface area contributed by atoms with Crippen LogP contribution in [0.4, 0.5) is 9.18 Å². The second-order valence-corrected chi connectivity index (χ2v) is 6.42. The van der Waals surface area contributed by atoms with E-state index in [4.69, 9.17) is 9.84 Å². The molecule has 4 nitrogen and oxygen atoms in total. The van der Waals surface area contributed by atoms with Gasteiger partial charge in [-0.25, -0.2) is 9.18 Å². The van der Waals surface area contributed by atoms with Crippen molar-refractivity contribution in [2.75, 3.05) is 13.1 Å². The van der Waals surface area contributed by atoms with E-state index in [9.17, 15) is 9.18 Å². The number of hydrogen-bond acceptors (Lipinski definition) is 3. The molecule has 0 bridgehead atoms. The van der Waals surface area contributed by atoms with Gasteiger partial charge in [0.25, 0.3) is 0 Å². The van der Waals surface area contributed by atoms with E-state index in [-0.39, 0.29) is 18.6 Å². The van der Waals surface area contributed by atoms with Crippen LogP contribution in [0.25, 0.3) is 0 Å². The molecule has 1 aliphatic rings. The third-order valence-electron chi connectivity index (χ3n) is 3.55. The van der Waals surface area contributed by atoms with Crippen molar-refractivity contribution in [3.8, 4) is 0 Å². The van der Waals surface area contributed by atoms with Gasteiger partial charge in [0.15, 0.2) is 0 Å². The van der Waals surface area contributed by atoms with Crippen LogP contribution in [0.1, 0.15) is 44.2 Å². The molecule has 0 aliphatic carbocycles. The summed E-state index contributed by atoms with van der Waals surface area (Å²) >= 11 is 0. The van der Waals surface area contributed by atoms with Crippen molar-refractivity contribution in [2.45, 2.75) is 45.3 Å². The van der Waals surface area contributed by atoms with Crippen molar-refractivity contribution in [3.05, 3.63) is 35.1 Å². The molecule has 0 aromatic heterocycles. The lowest BCUT2D eigenvalue weighted by Gasteiger charge is -2.24. The molecular weight excluding hydrogens is 273 g/mol. The first-order valence-electron chi connectivity index (χ1n) is 7.17. The molecule has 1 heterocycles. The monoisotopic (exact) mass is 295 g/mol. The molecule has 21 heavy (non-hydrogen) atoms. The van der Waals surface area contributed by atoms with Gasteiger partial charge in [0.05, 0.1) is 6.61 Å². The number of likely N-dealkylation sites (tertiary alicyclic amines) is 1. The van der Waals surface area contributed by atoms with Crippen LogP contribution in [0.2, 0.25) is 0 Å². The minimum Gasteiger partial charge on any atom is -0.444 e. The van der Waals surface area contributed by atoms with Gasteiger partial charge in [0.2, 0.25) is 0 Å². The third kappa shape index (κ3) is 3.94. The fraction of sp³-hybridized carbons (Fsp3) is 0.562. The van der Waals surface area contributed by atoms with Crippen LogP contribution in [-0.2, 0) is 11.3 Å². The van der Waals surface area contributed by atoms with E-state index in [1.807, 2.05) is 20.8 Å². The Morgan fingerprint density at radius 2 is 2.19 bits per heavy atom. The number of amides is 1. The fourth-order valence-electron chi connectivity index (χ4n) is 2.49. The molecule has 5 heteroatoms. The predicted octanol–water partition coefficient (Wildman–Crippen LogP) is 3.04.